The van der Waals surface area contributed by atoms with E-state index in [9.17, 15) is 13.6 Å². The predicted molar refractivity (Wildman–Crippen MR) is 112 cm³/mol. The van der Waals surface area contributed by atoms with E-state index in [1.165, 1.54) is 6.07 Å². The van der Waals surface area contributed by atoms with Crippen LogP contribution in [-0.2, 0) is 22.6 Å². The Bertz CT molecular complexity index is 1060. The standard InChI is InChI=1S/C22H26F2N4O2/c1-4-30-8-7-28-20-11-16(15-5-6-17(23)18(24)10-15)13(2)9-19(20)27-21(28)12-26-14(3)22(25)29/h5-6,9-11,14,26H,4,7-8,12H2,1-3H3,(H2,25,29)/t14-/m0/s1. The number of hydrogen-bond donors (Lipinski definition) is 2. The van der Waals surface area contributed by atoms with Crippen molar-refractivity contribution in [3.63, 3.8) is 0 Å². The molecule has 30 heavy (non-hydrogen) atoms. The molecule has 0 saturated carbocycles. The van der Waals surface area contributed by atoms with Crippen LogP contribution in [0.4, 0.5) is 8.78 Å². The van der Waals surface area contributed by atoms with Gasteiger partial charge >= 0.3 is 0 Å². The number of carbonyl (C=O) groups is 1. The van der Waals surface area contributed by atoms with Gasteiger partial charge in [0.15, 0.2) is 11.6 Å². The smallest absolute Gasteiger partial charge is 0.234 e. The number of primary amides is 1. The summed E-state index contributed by atoms with van der Waals surface area (Å²) in [6.07, 6.45) is 0. The van der Waals surface area contributed by atoms with Crippen LogP contribution in [0.5, 0.6) is 0 Å². The minimum Gasteiger partial charge on any atom is -0.380 e. The molecule has 3 aromatic rings. The van der Waals surface area contributed by atoms with E-state index >= 15 is 0 Å². The first kappa shape index (κ1) is 21.9. The Labute approximate surface area is 174 Å². The predicted octanol–water partition coefficient (Wildman–Crippen LogP) is 3.29. The fraction of sp³-hybridized carbons (Fsp3) is 0.364. The van der Waals surface area contributed by atoms with Crippen molar-refractivity contribution in [3.8, 4) is 11.1 Å². The van der Waals surface area contributed by atoms with Gasteiger partial charge in [-0.2, -0.15) is 0 Å². The second-order valence-electron chi connectivity index (χ2n) is 7.17. The van der Waals surface area contributed by atoms with E-state index in [1.54, 1.807) is 13.0 Å². The molecule has 2 aromatic carbocycles. The molecule has 1 amide bonds. The number of hydrogen-bond acceptors (Lipinski definition) is 4. The molecule has 8 heteroatoms. The number of rotatable bonds is 9. The van der Waals surface area contributed by atoms with Gasteiger partial charge in [-0.25, -0.2) is 13.8 Å². The molecule has 3 N–H and O–H groups in total. The fourth-order valence-electron chi connectivity index (χ4n) is 3.33. The summed E-state index contributed by atoms with van der Waals surface area (Å²) in [7, 11) is 0. The number of amides is 1. The molecule has 6 nitrogen and oxygen atoms in total. The Morgan fingerprint density at radius 1 is 1.27 bits per heavy atom. The molecule has 0 saturated heterocycles. The van der Waals surface area contributed by atoms with Crippen molar-refractivity contribution in [3.05, 3.63) is 53.4 Å². The van der Waals surface area contributed by atoms with Crippen LogP contribution in [0.25, 0.3) is 22.2 Å². The zero-order valence-corrected chi connectivity index (χ0v) is 17.3. The minimum atomic E-state index is -0.887. The van der Waals surface area contributed by atoms with E-state index in [-0.39, 0.29) is 0 Å². The summed E-state index contributed by atoms with van der Waals surface area (Å²) >= 11 is 0. The zero-order chi connectivity index (χ0) is 21.8. The van der Waals surface area contributed by atoms with Crippen LogP contribution < -0.4 is 11.1 Å². The fourth-order valence-corrected chi connectivity index (χ4v) is 3.33. The van der Waals surface area contributed by atoms with E-state index in [0.717, 1.165) is 34.1 Å². The molecule has 0 radical (unpaired) electrons. The highest BCUT2D eigenvalue weighted by molar-refractivity contribution is 5.85. The van der Waals surface area contributed by atoms with Crippen molar-refractivity contribution >= 4 is 16.9 Å². The quantitative estimate of drug-likeness (QED) is 0.525. The number of aromatic nitrogens is 2. The maximum atomic E-state index is 13.8. The summed E-state index contributed by atoms with van der Waals surface area (Å²) in [6, 6.07) is 7.24. The van der Waals surface area contributed by atoms with Crippen LogP contribution >= 0.6 is 0 Å². The first-order chi connectivity index (χ1) is 14.3. The number of imidazole rings is 1. The molecule has 0 bridgehead atoms. The van der Waals surface area contributed by atoms with Gasteiger partial charge in [0, 0.05) is 13.2 Å². The Hall–Kier alpha value is -2.84. The Kier molecular flexibility index (Phi) is 6.79. The lowest BCUT2D eigenvalue weighted by atomic mass is 9.99. The molecule has 1 atom stereocenters. The van der Waals surface area contributed by atoms with Crippen LogP contribution in [0.1, 0.15) is 25.2 Å². The average molecular weight is 416 g/mol. The molecule has 0 aliphatic rings. The van der Waals surface area contributed by atoms with Crippen LogP contribution in [0.2, 0.25) is 0 Å². The second kappa shape index (κ2) is 9.32. The lowest BCUT2D eigenvalue weighted by molar-refractivity contribution is -0.119. The van der Waals surface area contributed by atoms with Crippen LogP contribution in [0.3, 0.4) is 0 Å². The van der Waals surface area contributed by atoms with Gasteiger partial charge in [0.25, 0.3) is 0 Å². The van der Waals surface area contributed by atoms with Crippen molar-refractivity contribution < 1.29 is 18.3 Å². The lowest BCUT2D eigenvalue weighted by Gasteiger charge is -2.13. The average Bonchev–Trinajstić information content (AvgIpc) is 3.04. The summed E-state index contributed by atoms with van der Waals surface area (Å²) < 4.78 is 34.7. The van der Waals surface area contributed by atoms with Crippen molar-refractivity contribution in [2.45, 2.75) is 39.9 Å². The van der Waals surface area contributed by atoms with Crippen molar-refractivity contribution in [1.82, 2.24) is 14.9 Å². The number of nitrogens with two attached hydrogens (primary N) is 1. The normalized spacial score (nSPS) is 12.4. The van der Waals surface area contributed by atoms with Gasteiger partial charge in [-0.1, -0.05) is 6.07 Å². The molecule has 0 fully saturated rings. The molecule has 160 valence electrons. The van der Waals surface area contributed by atoms with Gasteiger partial charge < -0.3 is 15.0 Å². The summed E-state index contributed by atoms with van der Waals surface area (Å²) in [4.78, 5) is 16.1. The van der Waals surface area contributed by atoms with Crippen molar-refractivity contribution in [2.75, 3.05) is 13.2 Å². The van der Waals surface area contributed by atoms with Gasteiger partial charge in [0.2, 0.25) is 5.91 Å². The van der Waals surface area contributed by atoms with Gasteiger partial charge in [0.05, 0.1) is 30.2 Å². The van der Waals surface area contributed by atoms with E-state index in [1.807, 2.05) is 30.5 Å². The molecular formula is C22H26F2N4O2. The van der Waals surface area contributed by atoms with Crippen molar-refractivity contribution in [1.29, 1.82) is 0 Å². The highest BCUT2D eigenvalue weighted by atomic mass is 19.2. The summed E-state index contributed by atoms with van der Waals surface area (Å²) in [5, 5.41) is 3.07. The van der Waals surface area contributed by atoms with Crippen LogP contribution in [-0.4, -0.2) is 34.7 Å². The number of nitrogens with zero attached hydrogens (tertiary/aromatic N) is 2. The van der Waals surface area contributed by atoms with Crippen LogP contribution in [0, 0.1) is 18.6 Å². The summed E-state index contributed by atoms with van der Waals surface area (Å²) in [6.45, 7) is 7.53. The number of benzene rings is 2. The monoisotopic (exact) mass is 416 g/mol. The Morgan fingerprint density at radius 3 is 2.70 bits per heavy atom. The largest absolute Gasteiger partial charge is 0.380 e. The molecule has 0 aliphatic heterocycles. The zero-order valence-electron chi connectivity index (χ0n) is 17.3. The number of aryl methyl sites for hydroxylation is 1. The maximum absolute atomic E-state index is 13.8. The highest BCUT2D eigenvalue weighted by Crippen LogP contribution is 2.30. The van der Waals surface area contributed by atoms with E-state index in [2.05, 4.69) is 5.32 Å². The molecule has 0 aliphatic carbocycles. The number of nitrogens with one attached hydrogen (secondary N) is 1. The third kappa shape index (κ3) is 4.66. The van der Waals surface area contributed by atoms with E-state index in [4.69, 9.17) is 15.5 Å². The van der Waals surface area contributed by atoms with E-state index < -0.39 is 23.6 Å². The molecule has 0 spiro atoms. The summed E-state index contributed by atoms with van der Waals surface area (Å²) in [5.41, 5.74) is 9.24. The molecule has 1 heterocycles. The molecule has 3 rings (SSSR count). The first-order valence-corrected chi connectivity index (χ1v) is 9.87. The molecular weight excluding hydrogens is 390 g/mol. The SMILES string of the molecule is CCOCCn1c(CN[C@@H](C)C(N)=O)nc2cc(C)c(-c3ccc(F)c(F)c3)cc21. The van der Waals surface area contributed by atoms with Gasteiger partial charge in [-0.05, 0) is 61.7 Å². The topological polar surface area (TPSA) is 82.2 Å². The third-order valence-corrected chi connectivity index (χ3v) is 5.06. The molecule has 0 unspecified atom stereocenters. The van der Waals surface area contributed by atoms with E-state index in [0.29, 0.717) is 31.9 Å². The maximum Gasteiger partial charge on any atom is 0.234 e. The summed E-state index contributed by atoms with van der Waals surface area (Å²) in [5.74, 6) is -1.47. The Morgan fingerprint density at radius 2 is 2.03 bits per heavy atom. The second-order valence-corrected chi connectivity index (χ2v) is 7.17. The highest BCUT2D eigenvalue weighted by Gasteiger charge is 2.16. The van der Waals surface area contributed by atoms with Gasteiger partial charge in [-0.3, -0.25) is 10.1 Å². The number of fused-ring (bicyclic) bond motifs is 1. The number of ether oxygens (including phenoxy) is 1. The van der Waals surface area contributed by atoms with Gasteiger partial charge in [-0.15, -0.1) is 0 Å². The Balaban J connectivity index is 2.05. The third-order valence-electron chi connectivity index (χ3n) is 5.06. The number of carbonyl (C=O) groups excluding carboxylic acids is 1. The minimum absolute atomic E-state index is 0.352. The van der Waals surface area contributed by atoms with Crippen molar-refractivity contribution in [2.24, 2.45) is 5.73 Å². The van der Waals surface area contributed by atoms with Gasteiger partial charge in [0.1, 0.15) is 5.82 Å². The lowest BCUT2D eigenvalue weighted by Crippen LogP contribution is -2.38. The number of halogens is 2. The van der Waals surface area contributed by atoms with Crippen LogP contribution in [0.15, 0.2) is 30.3 Å². The molecule has 1 aromatic heterocycles. The first-order valence-electron chi connectivity index (χ1n) is 9.87.